The Bertz CT molecular complexity index is 592. The van der Waals surface area contributed by atoms with Crippen LogP contribution in [0, 0.1) is 6.92 Å². The quantitative estimate of drug-likeness (QED) is 0.788. The molecule has 0 aliphatic heterocycles. The van der Waals surface area contributed by atoms with Crippen LogP contribution in [-0.2, 0) is 6.42 Å². The monoisotopic (exact) mass is 277 g/mol. The molecule has 0 amide bonds. The molecule has 100 valence electrons. The van der Waals surface area contributed by atoms with Gasteiger partial charge in [-0.3, -0.25) is 4.79 Å². The Morgan fingerprint density at radius 1 is 1.32 bits per heavy atom. The molecule has 0 aliphatic rings. The van der Waals surface area contributed by atoms with Crippen molar-refractivity contribution in [3.8, 4) is 11.5 Å². The zero-order valence-electron chi connectivity index (χ0n) is 11.1. The van der Waals surface area contributed by atoms with Crippen LogP contribution in [0.3, 0.4) is 0 Å². The zero-order chi connectivity index (χ0) is 13.8. The molecule has 5 heteroatoms. The summed E-state index contributed by atoms with van der Waals surface area (Å²) in [6.07, 6.45) is 0.285. The first-order chi connectivity index (χ1) is 9.13. The third-order valence-electron chi connectivity index (χ3n) is 2.72. The lowest BCUT2D eigenvalue weighted by molar-refractivity contribution is 0.0989. The number of nitrogens with zero attached hydrogens (tertiary/aromatic N) is 1. The number of carbonyl (C=O) groups excluding carboxylic acids is 1. The maximum atomic E-state index is 12.2. The second kappa shape index (κ2) is 5.84. The van der Waals surface area contributed by atoms with Crippen molar-refractivity contribution in [3.63, 3.8) is 0 Å². The first kappa shape index (κ1) is 13.5. The fourth-order valence-electron chi connectivity index (χ4n) is 1.78. The summed E-state index contributed by atoms with van der Waals surface area (Å²) in [7, 11) is 3.12. The van der Waals surface area contributed by atoms with Gasteiger partial charge in [0.05, 0.1) is 36.9 Å². The fraction of sp³-hybridized carbons (Fsp3) is 0.286. The van der Waals surface area contributed by atoms with E-state index < -0.39 is 0 Å². The molecule has 0 saturated heterocycles. The number of carbonyl (C=O) groups is 1. The molecule has 0 N–H and O–H groups in total. The molecule has 2 rings (SSSR count). The highest BCUT2D eigenvalue weighted by atomic mass is 32.1. The van der Waals surface area contributed by atoms with E-state index in [0.29, 0.717) is 17.1 Å². The maximum absolute atomic E-state index is 12.2. The van der Waals surface area contributed by atoms with Crippen molar-refractivity contribution in [3.05, 3.63) is 39.8 Å². The number of hydrogen-bond donors (Lipinski definition) is 0. The normalized spacial score (nSPS) is 10.3. The number of thiazole rings is 1. The summed E-state index contributed by atoms with van der Waals surface area (Å²) >= 11 is 1.54. The summed E-state index contributed by atoms with van der Waals surface area (Å²) in [6, 6.07) is 5.18. The minimum atomic E-state index is -0.00944. The predicted octanol–water partition coefficient (Wildman–Crippen LogP) is 2.89. The van der Waals surface area contributed by atoms with E-state index in [2.05, 4.69) is 4.98 Å². The van der Waals surface area contributed by atoms with Gasteiger partial charge in [0.25, 0.3) is 0 Å². The van der Waals surface area contributed by atoms with Gasteiger partial charge < -0.3 is 9.47 Å². The van der Waals surface area contributed by atoms with Gasteiger partial charge >= 0.3 is 0 Å². The van der Waals surface area contributed by atoms with Crippen LogP contribution in [-0.4, -0.2) is 25.0 Å². The largest absolute Gasteiger partial charge is 0.497 e. The van der Waals surface area contributed by atoms with E-state index in [1.807, 2.05) is 12.3 Å². The average molecular weight is 277 g/mol. The lowest BCUT2D eigenvalue weighted by Gasteiger charge is -2.09. The van der Waals surface area contributed by atoms with Crippen molar-refractivity contribution in [2.45, 2.75) is 13.3 Å². The summed E-state index contributed by atoms with van der Waals surface area (Å²) in [5, 5.41) is 2.87. The van der Waals surface area contributed by atoms with Crippen LogP contribution in [0.15, 0.2) is 23.6 Å². The number of methoxy groups -OCH3 is 2. The number of aryl methyl sites for hydroxylation is 1. The predicted molar refractivity (Wildman–Crippen MR) is 74.4 cm³/mol. The highest BCUT2D eigenvalue weighted by Gasteiger charge is 2.15. The number of aromatic nitrogens is 1. The minimum absolute atomic E-state index is 0.00944. The van der Waals surface area contributed by atoms with Gasteiger partial charge in [0.2, 0.25) is 0 Å². The van der Waals surface area contributed by atoms with Gasteiger partial charge in [0, 0.05) is 11.4 Å². The number of benzene rings is 1. The van der Waals surface area contributed by atoms with E-state index in [1.54, 1.807) is 43.8 Å². The third-order valence-corrected chi connectivity index (χ3v) is 3.54. The lowest BCUT2D eigenvalue weighted by Crippen LogP contribution is -2.06. The van der Waals surface area contributed by atoms with Crippen LogP contribution in [0.5, 0.6) is 11.5 Å². The molecule has 1 heterocycles. The number of Topliss-reactive ketones (excluding diaryl/α,β-unsaturated/α-hetero) is 1. The van der Waals surface area contributed by atoms with Crippen molar-refractivity contribution in [1.82, 2.24) is 4.98 Å². The summed E-state index contributed by atoms with van der Waals surface area (Å²) in [4.78, 5) is 16.5. The van der Waals surface area contributed by atoms with E-state index in [1.165, 1.54) is 0 Å². The van der Waals surface area contributed by atoms with Gasteiger partial charge in [-0.25, -0.2) is 4.98 Å². The SMILES string of the molecule is COc1ccc(C(=O)Cc2csc(C)n2)c(OC)c1. The van der Waals surface area contributed by atoms with Gasteiger partial charge in [-0.2, -0.15) is 0 Å². The van der Waals surface area contributed by atoms with Crippen molar-refractivity contribution in [2.24, 2.45) is 0 Å². The van der Waals surface area contributed by atoms with Crippen LogP contribution < -0.4 is 9.47 Å². The van der Waals surface area contributed by atoms with Crippen LogP contribution in [0.4, 0.5) is 0 Å². The van der Waals surface area contributed by atoms with Crippen LogP contribution in [0.25, 0.3) is 0 Å². The molecule has 0 aliphatic carbocycles. The Labute approximate surface area is 116 Å². The maximum Gasteiger partial charge on any atom is 0.172 e. The smallest absolute Gasteiger partial charge is 0.172 e. The number of ketones is 1. The second-order valence-corrected chi connectivity index (χ2v) is 5.09. The number of hydrogen-bond acceptors (Lipinski definition) is 5. The molecule has 0 radical (unpaired) electrons. The van der Waals surface area contributed by atoms with E-state index in [-0.39, 0.29) is 12.2 Å². The van der Waals surface area contributed by atoms with E-state index >= 15 is 0 Å². The van der Waals surface area contributed by atoms with Gasteiger partial charge in [0.1, 0.15) is 11.5 Å². The van der Waals surface area contributed by atoms with Gasteiger partial charge in [-0.1, -0.05) is 0 Å². The minimum Gasteiger partial charge on any atom is -0.497 e. The first-order valence-corrected chi connectivity index (χ1v) is 6.68. The van der Waals surface area contributed by atoms with Crippen molar-refractivity contribution >= 4 is 17.1 Å². The molecular weight excluding hydrogens is 262 g/mol. The summed E-state index contributed by atoms with van der Waals surface area (Å²) in [5.74, 6) is 1.18. The van der Waals surface area contributed by atoms with Gasteiger partial charge in [0.15, 0.2) is 5.78 Å². The van der Waals surface area contributed by atoms with Crippen LogP contribution >= 0.6 is 11.3 Å². The summed E-state index contributed by atoms with van der Waals surface area (Å²) < 4.78 is 10.3. The number of rotatable bonds is 5. The highest BCUT2D eigenvalue weighted by molar-refractivity contribution is 7.09. The Morgan fingerprint density at radius 2 is 2.11 bits per heavy atom. The van der Waals surface area contributed by atoms with Gasteiger partial charge in [-0.05, 0) is 19.1 Å². The molecule has 4 nitrogen and oxygen atoms in total. The molecule has 0 saturated carbocycles. The topological polar surface area (TPSA) is 48.4 Å². The first-order valence-electron chi connectivity index (χ1n) is 5.80. The summed E-state index contributed by atoms with van der Waals surface area (Å²) in [5.41, 5.74) is 1.35. The van der Waals surface area contributed by atoms with E-state index in [4.69, 9.17) is 9.47 Å². The molecular formula is C14H15NO3S. The van der Waals surface area contributed by atoms with Crippen molar-refractivity contribution < 1.29 is 14.3 Å². The average Bonchev–Trinajstić information content (AvgIpc) is 2.83. The molecule has 1 aromatic carbocycles. The van der Waals surface area contributed by atoms with Crippen LogP contribution in [0.1, 0.15) is 21.1 Å². The molecule has 2 aromatic rings. The molecule has 1 aromatic heterocycles. The van der Waals surface area contributed by atoms with Crippen molar-refractivity contribution in [1.29, 1.82) is 0 Å². The zero-order valence-corrected chi connectivity index (χ0v) is 11.9. The van der Waals surface area contributed by atoms with E-state index in [0.717, 1.165) is 10.7 Å². The summed E-state index contributed by atoms with van der Waals surface area (Å²) in [6.45, 7) is 1.92. The molecule has 19 heavy (non-hydrogen) atoms. The van der Waals surface area contributed by atoms with Crippen LogP contribution in [0.2, 0.25) is 0 Å². The Hall–Kier alpha value is -1.88. The molecule has 0 unspecified atom stereocenters. The fourth-order valence-corrected chi connectivity index (χ4v) is 2.39. The van der Waals surface area contributed by atoms with E-state index in [9.17, 15) is 4.79 Å². The molecule has 0 bridgehead atoms. The highest BCUT2D eigenvalue weighted by Crippen LogP contribution is 2.25. The standard InChI is InChI=1S/C14H15NO3S/c1-9-15-10(8-19-9)6-13(16)12-5-4-11(17-2)7-14(12)18-3/h4-5,7-8H,6H2,1-3H3. The second-order valence-electron chi connectivity index (χ2n) is 4.02. The molecule has 0 fully saturated rings. The lowest BCUT2D eigenvalue weighted by atomic mass is 10.1. The molecule has 0 atom stereocenters. The third kappa shape index (κ3) is 3.12. The number of ether oxygens (including phenoxy) is 2. The Kier molecular flexibility index (Phi) is 4.16. The Morgan fingerprint density at radius 3 is 2.68 bits per heavy atom. The molecule has 0 spiro atoms. The Balaban J connectivity index is 2.23. The van der Waals surface area contributed by atoms with Gasteiger partial charge in [-0.15, -0.1) is 11.3 Å². The van der Waals surface area contributed by atoms with Crippen molar-refractivity contribution in [2.75, 3.05) is 14.2 Å².